The molecule has 0 bridgehead atoms. The van der Waals surface area contributed by atoms with Gasteiger partial charge in [-0.3, -0.25) is 0 Å². The maximum Gasteiger partial charge on any atom is 0.107 e. The number of hydrogen-bond acceptors (Lipinski definition) is 2. The molecule has 0 aliphatic rings. The quantitative estimate of drug-likeness (QED) is 0.778. The highest BCUT2D eigenvalue weighted by Crippen LogP contribution is 2.31. The lowest BCUT2D eigenvalue weighted by molar-refractivity contribution is 1.43. The minimum absolute atomic E-state index is 0.274. The Bertz CT molecular complexity index is 643. The van der Waals surface area contributed by atoms with Crippen LogP contribution in [0.5, 0.6) is 0 Å². The summed E-state index contributed by atoms with van der Waals surface area (Å²) in [5.41, 5.74) is 9.30. The molecule has 0 fully saturated rings. The summed E-state index contributed by atoms with van der Waals surface area (Å²) in [6, 6.07) is 11.6. The summed E-state index contributed by atoms with van der Waals surface area (Å²) in [5.74, 6) is 0. The molecule has 0 aromatic heterocycles. The summed E-state index contributed by atoms with van der Waals surface area (Å²) >= 11 is 14.7. The Balaban J connectivity index is 2.44. The molecule has 2 aromatic rings. The van der Waals surface area contributed by atoms with E-state index in [2.05, 4.69) is 21.2 Å². The number of nitrogens with two attached hydrogens (primary N) is 1. The Morgan fingerprint density at radius 1 is 1.26 bits per heavy atom. The molecule has 5 heteroatoms. The van der Waals surface area contributed by atoms with Gasteiger partial charge in [-0.05, 0) is 52.7 Å². The van der Waals surface area contributed by atoms with Crippen LogP contribution in [0.25, 0.3) is 0 Å². The normalized spacial score (nSPS) is 10.3. The Kier molecular flexibility index (Phi) is 4.45. The molecule has 0 heterocycles. The van der Waals surface area contributed by atoms with Crippen LogP contribution in [0.3, 0.4) is 0 Å². The van der Waals surface area contributed by atoms with E-state index >= 15 is 0 Å². The predicted molar refractivity (Wildman–Crippen MR) is 89.5 cm³/mol. The molecule has 0 spiro atoms. The first kappa shape index (κ1) is 14.3. The predicted octanol–water partition coefficient (Wildman–Crippen LogP) is 4.79. The van der Waals surface area contributed by atoms with Crippen LogP contribution in [0.15, 0.2) is 40.9 Å². The maximum atomic E-state index is 6.14. The van der Waals surface area contributed by atoms with Crippen molar-refractivity contribution in [3.05, 3.63) is 57.0 Å². The zero-order chi connectivity index (χ0) is 14.0. The van der Waals surface area contributed by atoms with Gasteiger partial charge >= 0.3 is 0 Å². The summed E-state index contributed by atoms with van der Waals surface area (Å²) in [4.78, 5) is 0.274. The average molecular weight is 356 g/mol. The number of nitrogens with one attached hydrogen (secondary N) is 1. The number of benzene rings is 2. The molecule has 98 valence electrons. The van der Waals surface area contributed by atoms with Gasteiger partial charge in [0.05, 0.1) is 22.0 Å². The highest BCUT2D eigenvalue weighted by molar-refractivity contribution is 9.10. The lowest BCUT2D eigenvalue weighted by Gasteiger charge is -2.14. The Hall–Kier alpha value is -1.10. The van der Waals surface area contributed by atoms with Gasteiger partial charge in [0.2, 0.25) is 0 Å². The smallest absolute Gasteiger partial charge is 0.107 e. The van der Waals surface area contributed by atoms with Crippen molar-refractivity contribution in [3.8, 4) is 0 Å². The highest BCUT2D eigenvalue weighted by atomic mass is 79.9. The number of aryl methyl sites for hydroxylation is 1. The van der Waals surface area contributed by atoms with Crippen molar-refractivity contribution >= 4 is 56.1 Å². The van der Waals surface area contributed by atoms with Gasteiger partial charge in [-0.2, -0.15) is 0 Å². The van der Waals surface area contributed by atoms with E-state index in [-0.39, 0.29) is 4.99 Å². The SMILES string of the molecule is Cc1ccc(Nc2cccc(Cl)c2C(N)=S)c(Br)c1. The monoisotopic (exact) mass is 354 g/mol. The van der Waals surface area contributed by atoms with Crippen LogP contribution in [0.4, 0.5) is 11.4 Å². The lowest BCUT2D eigenvalue weighted by atomic mass is 10.1. The van der Waals surface area contributed by atoms with Crippen LogP contribution in [0.1, 0.15) is 11.1 Å². The molecular weight excluding hydrogens is 344 g/mol. The molecule has 0 aliphatic heterocycles. The van der Waals surface area contributed by atoms with E-state index in [0.717, 1.165) is 15.8 Å². The molecule has 0 amide bonds. The van der Waals surface area contributed by atoms with E-state index in [9.17, 15) is 0 Å². The number of rotatable bonds is 3. The summed E-state index contributed by atoms with van der Waals surface area (Å²) in [6.45, 7) is 2.04. The van der Waals surface area contributed by atoms with Gasteiger partial charge in [0, 0.05) is 4.47 Å². The molecular formula is C14H12BrClN2S. The van der Waals surface area contributed by atoms with Gasteiger partial charge in [0.25, 0.3) is 0 Å². The number of hydrogen-bond donors (Lipinski definition) is 2. The maximum absolute atomic E-state index is 6.14. The van der Waals surface area contributed by atoms with Crippen molar-refractivity contribution in [2.45, 2.75) is 6.92 Å². The molecule has 2 rings (SSSR count). The largest absolute Gasteiger partial charge is 0.389 e. The van der Waals surface area contributed by atoms with E-state index in [0.29, 0.717) is 10.6 Å². The topological polar surface area (TPSA) is 38.0 Å². The first-order chi connectivity index (χ1) is 8.99. The molecule has 2 aromatic carbocycles. The minimum atomic E-state index is 0.274. The molecule has 0 atom stereocenters. The summed E-state index contributed by atoms with van der Waals surface area (Å²) in [5, 5.41) is 3.83. The summed E-state index contributed by atoms with van der Waals surface area (Å²) in [7, 11) is 0. The van der Waals surface area contributed by atoms with Gasteiger partial charge in [-0.15, -0.1) is 0 Å². The fourth-order valence-electron chi connectivity index (χ4n) is 1.75. The van der Waals surface area contributed by atoms with Gasteiger partial charge in [-0.25, -0.2) is 0 Å². The fraction of sp³-hybridized carbons (Fsp3) is 0.0714. The third-order valence-corrected chi connectivity index (χ3v) is 3.83. The van der Waals surface area contributed by atoms with Crippen LogP contribution in [0, 0.1) is 6.92 Å². The first-order valence-electron chi connectivity index (χ1n) is 5.60. The van der Waals surface area contributed by atoms with E-state index in [4.69, 9.17) is 29.6 Å². The number of anilines is 2. The standard InChI is InChI=1S/C14H12BrClN2S/c1-8-5-6-11(9(15)7-8)18-12-4-2-3-10(16)13(12)14(17)19/h2-7,18H,1H3,(H2,17,19). The van der Waals surface area contributed by atoms with Gasteiger partial charge in [-0.1, -0.05) is 36.0 Å². The van der Waals surface area contributed by atoms with E-state index < -0.39 is 0 Å². The lowest BCUT2D eigenvalue weighted by Crippen LogP contribution is -2.12. The zero-order valence-corrected chi connectivity index (χ0v) is 13.4. The van der Waals surface area contributed by atoms with Crippen molar-refractivity contribution in [1.29, 1.82) is 0 Å². The second kappa shape index (κ2) is 5.90. The average Bonchev–Trinajstić information content (AvgIpc) is 2.32. The van der Waals surface area contributed by atoms with E-state index in [1.165, 1.54) is 5.56 Å². The molecule has 3 N–H and O–H groups in total. The Morgan fingerprint density at radius 2 is 2.00 bits per heavy atom. The highest BCUT2D eigenvalue weighted by Gasteiger charge is 2.10. The molecule has 0 saturated carbocycles. The van der Waals surface area contributed by atoms with Crippen LogP contribution in [-0.2, 0) is 0 Å². The molecule has 0 unspecified atom stereocenters. The molecule has 2 nitrogen and oxygen atoms in total. The second-order valence-corrected chi connectivity index (χ2v) is 5.84. The fourth-order valence-corrected chi connectivity index (χ4v) is 2.89. The van der Waals surface area contributed by atoms with E-state index in [1.54, 1.807) is 6.07 Å². The third-order valence-electron chi connectivity index (χ3n) is 2.65. The first-order valence-corrected chi connectivity index (χ1v) is 7.18. The molecule has 0 aliphatic carbocycles. The zero-order valence-electron chi connectivity index (χ0n) is 10.2. The van der Waals surface area contributed by atoms with Crippen LogP contribution in [-0.4, -0.2) is 4.99 Å². The Labute approximate surface area is 131 Å². The van der Waals surface area contributed by atoms with Gasteiger partial charge in [0.15, 0.2) is 0 Å². The van der Waals surface area contributed by atoms with E-state index in [1.807, 2.05) is 37.3 Å². The van der Waals surface area contributed by atoms with Gasteiger partial charge < -0.3 is 11.1 Å². The second-order valence-electron chi connectivity index (χ2n) is 4.13. The molecule has 19 heavy (non-hydrogen) atoms. The van der Waals surface area contributed by atoms with Crippen molar-refractivity contribution < 1.29 is 0 Å². The minimum Gasteiger partial charge on any atom is -0.389 e. The van der Waals surface area contributed by atoms with Crippen molar-refractivity contribution in [2.75, 3.05) is 5.32 Å². The number of halogens is 2. The van der Waals surface area contributed by atoms with Crippen molar-refractivity contribution in [2.24, 2.45) is 5.73 Å². The number of thiocarbonyl (C=S) groups is 1. The van der Waals surface area contributed by atoms with Gasteiger partial charge in [0.1, 0.15) is 4.99 Å². The molecule has 0 saturated heterocycles. The van der Waals surface area contributed by atoms with Crippen LogP contribution >= 0.6 is 39.7 Å². The molecule has 0 radical (unpaired) electrons. The summed E-state index contributed by atoms with van der Waals surface area (Å²) in [6.07, 6.45) is 0. The third kappa shape index (κ3) is 3.26. The van der Waals surface area contributed by atoms with Crippen LogP contribution < -0.4 is 11.1 Å². The summed E-state index contributed by atoms with van der Waals surface area (Å²) < 4.78 is 0.973. The Morgan fingerprint density at radius 3 is 2.63 bits per heavy atom. The van der Waals surface area contributed by atoms with Crippen molar-refractivity contribution in [3.63, 3.8) is 0 Å². The van der Waals surface area contributed by atoms with Crippen LogP contribution in [0.2, 0.25) is 5.02 Å². The van der Waals surface area contributed by atoms with Crippen molar-refractivity contribution in [1.82, 2.24) is 0 Å².